The summed E-state index contributed by atoms with van der Waals surface area (Å²) >= 11 is 0. The van der Waals surface area contributed by atoms with Gasteiger partial charge in [0.2, 0.25) is 0 Å². The van der Waals surface area contributed by atoms with E-state index in [2.05, 4.69) is 0 Å². The number of nitro benzene ring substituents is 1. The number of hydrogen-bond acceptors (Lipinski definition) is 5. The lowest BCUT2D eigenvalue weighted by molar-refractivity contribution is -0.384. The third-order valence-corrected chi connectivity index (χ3v) is 2.99. The highest BCUT2D eigenvalue weighted by molar-refractivity contribution is 5.89. The second-order valence-electron chi connectivity index (χ2n) is 4.63. The average molecular weight is 301 g/mol. The molecule has 0 aliphatic carbocycles. The average Bonchev–Trinajstić information content (AvgIpc) is 2.53. The molecule has 0 saturated heterocycles. The summed E-state index contributed by atoms with van der Waals surface area (Å²) in [4.78, 5) is 22.1. The number of methoxy groups -OCH3 is 1. The molecule has 0 heterocycles. The van der Waals surface area contributed by atoms with E-state index in [1.165, 1.54) is 12.1 Å². The summed E-state index contributed by atoms with van der Waals surface area (Å²) in [6.45, 7) is 0.481. The molecule has 0 bridgehead atoms. The van der Waals surface area contributed by atoms with Crippen LogP contribution in [0.3, 0.4) is 0 Å². The van der Waals surface area contributed by atoms with E-state index in [1.54, 1.807) is 37.4 Å². The van der Waals surface area contributed by atoms with Crippen LogP contribution in [0.2, 0.25) is 0 Å². The number of carbonyl (C=O) groups is 1. The number of nitrogens with zero attached hydrogens (tertiary/aromatic N) is 1. The Bertz CT molecular complexity index is 666. The van der Waals surface area contributed by atoms with Gasteiger partial charge in [-0.15, -0.1) is 0 Å². The molecule has 2 aromatic rings. The normalized spacial score (nSPS) is 10.2. The second kappa shape index (κ2) is 7.33. The van der Waals surface area contributed by atoms with E-state index in [9.17, 15) is 14.9 Å². The maximum Gasteiger partial charge on any atom is 0.338 e. The highest BCUT2D eigenvalue weighted by Gasteiger charge is 2.09. The summed E-state index contributed by atoms with van der Waals surface area (Å²) in [7, 11) is 1.58. The van der Waals surface area contributed by atoms with Crippen molar-refractivity contribution in [1.29, 1.82) is 0 Å². The summed E-state index contributed by atoms with van der Waals surface area (Å²) in [6.07, 6.45) is 0. The van der Waals surface area contributed by atoms with E-state index in [1.807, 2.05) is 6.07 Å². The third kappa shape index (κ3) is 4.13. The number of benzene rings is 2. The van der Waals surface area contributed by atoms with Gasteiger partial charge in [0.05, 0.1) is 17.1 Å². The summed E-state index contributed by atoms with van der Waals surface area (Å²) in [5.74, 6) is -0.448. The van der Waals surface area contributed by atoms with Crippen LogP contribution in [-0.4, -0.2) is 18.0 Å². The van der Waals surface area contributed by atoms with Gasteiger partial charge in [-0.3, -0.25) is 10.1 Å². The fourth-order valence-electron chi connectivity index (χ4n) is 1.90. The molecular formula is C16H15NO5. The Morgan fingerprint density at radius 3 is 2.45 bits per heavy atom. The van der Waals surface area contributed by atoms with Crippen LogP contribution >= 0.6 is 0 Å². The smallest absolute Gasteiger partial charge is 0.338 e. The summed E-state index contributed by atoms with van der Waals surface area (Å²) in [5.41, 5.74) is 2.01. The minimum Gasteiger partial charge on any atom is -0.457 e. The number of ether oxygens (including phenoxy) is 2. The van der Waals surface area contributed by atoms with E-state index in [-0.39, 0.29) is 12.3 Å². The van der Waals surface area contributed by atoms with Crippen molar-refractivity contribution in [2.24, 2.45) is 0 Å². The zero-order valence-electron chi connectivity index (χ0n) is 12.0. The van der Waals surface area contributed by atoms with Gasteiger partial charge in [0, 0.05) is 19.2 Å². The van der Waals surface area contributed by atoms with Crippen molar-refractivity contribution in [3.8, 4) is 0 Å². The summed E-state index contributed by atoms with van der Waals surface area (Å²) < 4.78 is 10.2. The van der Waals surface area contributed by atoms with Gasteiger partial charge in [-0.05, 0) is 35.4 Å². The molecule has 6 heteroatoms. The fraction of sp³-hybridized carbons (Fsp3) is 0.188. The maximum absolute atomic E-state index is 12.0. The van der Waals surface area contributed by atoms with Gasteiger partial charge in [-0.1, -0.05) is 12.1 Å². The van der Waals surface area contributed by atoms with Crippen LogP contribution in [-0.2, 0) is 22.7 Å². The van der Waals surface area contributed by atoms with Gasteiger partial charge in [0.1, 0.15) is 6.61 Å². The Hall–Kier alpha value is -2.73. The Balaban J connectivity index is 1.97. The van der Waals surface area contributed by atoms with Crippen LogP contribution in [0.25, 0.3) is 0 Å². The molecule has 0 amide bonds. The predicted molar refractivity (Wildman–Crippen MR) is 79.4 cm³/mol. The molecule has 22 heavy (non-hydrogen) atoms. The van der Waals surface area contributed by atoms with Gasteiger partial charge in [-0.25, -0.2) is 4.79 Å². The zero-order valence-corrected chi connectivity index (χ0v) is 12.0. The number of carbonyl (C=O) groups excluding carboxylic acids is 1. The van der Waals surface area contributed by atoms with Gasteiger partial charge in [0.25, 0.3) is 5.69 Å². The first kappa shape index (κ1) is 15.7. The largest absolute Gasteiger partial charge is 0.457 e. The lowest BCUT2D eigenvalue weighted by atomic mass is 10.1. The lowest BCUT2D eigenvalue weighted by Gasteiger charge is -2.06. The second-order valence-corrected chi connectivity index (χ2v) is 4.63. The van der Waals surface area contributed by atoms with Crippen LogP contribution in [0, 0.1) is 10.1 Å². The molecular weight excluding hydrogens is 286 g/mol. The van der Waals surface area contributed by atoms with Crippen molar-refractivity contribution in [2.75, 3.05) is 7.11 Å². The Morgan fingerprint density at radius 2 is 1.82 bits per heavy atom. The van der Waals surface area contributed by atoms with Crippen LogP contribution < -0.4 is 0 Å². The number of hydrogen-bond donors (Lipinski definition) is 0. The topological polar surface area (TPSA) is 78.7 Å². The molecule has 0 spiro atoms. The lowest BCUT2D eigenvalue weighted by Crippen LogP contribution is -2.06. The molecule has 0 aliphatic rings. The minimum atomic E-state index is -0.475. The Labute approximate surface area is 127 Å². The van der Waals surface area contributed by atoms with Crippen molar-refractivity contribution < 1.29 is 19.2 Å². The van der Waals surface area contributed by atoms with E-state index >= 15 is 0 Å². The molecule has 2 aromatic carbocycles. The fourth-order valence-corrected chi connectivity index (χ4v) is 1.90. The predicted octanol–water partition coefficient (Wildman–Crippen LogP) is 3.10. The number of nitro groups is 1. The molecule has 0 fully saturated rings. The van der Waals surface area contributed by atoms with Gasteiger partial charge < -0.3 is 9.47 Å². The first-order valence-corrected chi connectivity index (χ1v) is 6.58. The van der Waals surface area contributed by atoms with Crippen molar-refractivity contribution in [1.82, 2.24) is 0 Å². The molecule has 2 rings (SSSR count). The monoisotopic (exact) mass is 301 g/mol. The Morgan fingerprint density at radius 1 is 1.09 bits per heavy atom. The Kier molecular flexibility index (Phi) is 5.21. The minimum absolute atomic E-state index is 0.00217. The quantitative estimate of drug-likeness (QED) is 0.465. The molecule has 6 nitrogen and oxygen atoms in total. The van der Waals surface area contributed by atoms with Crippen molar-refractivity contribution in [3.63, 3.8) is 0 Å². The SMILES string of the molecule is COCc1cccc(C(=O)OCc2ccc([N+](=O)[O-])cc2)c1. The van der Waals surface area contributed by atoms with Crippen LogP contribution in [0.15, 0.2) is 48.5 Å². The van der Waals surface area contributed by atoms with Crippen molar-refractivity contribution in [3.05, 3.63) is 75.3 Å². The maximum atomic E-state index is 12.0. The molecule has 0 radical (unpaired) electrons. The van der Waals surface area contributed by atoms with Crippen molar-refractivity contribution >= 4 is 11.7 Å². The van der Waals surface area contributed by atoms with E-state index in [0.717, 1.165) is 5.56 Å². The highest BCUT2D eigenvalue weighted by Crippen LogP contribution is 2.14. The summed E-state index contributed by atoms with van der Waals surface area (Å²) in [5, 5.41) is 10.6. The first-order chi connectivity index (χ1) is 10.6. The van der Waals surface area contributed by atoms with Gasteiger partial charge >= 0.3 is 5.97 Å². The zero-order chi connectivity index (χ0) is 15.9. The number of non-ortho nitro benzene ring substituents is 1. The third-order valence-electron chi connectivity index (χ3n) is 2.99. The highest BCUT2D eigenvalue weighted by atomic mass is 16.6. The van der Waals surface area contributed by atoms with Crippen LogP contribution in [0.5, 0.6) is 0 Å². The standard InChI is InChI=1S/C16H15NO5/c1-21-10-13-3-2-4-14(9-13)16(18)22-11-12-5-7-15(8-6-12)17(19)20/h2-9H,10-11H2,1H3. The van der Waals surface area contributed by atoms with Gasteiger partial charge in [-0.2, -0.15) is 0 Å². The first-order valence-electron chi connectivity index (χ1n) is 6.58. The number of esters is 1. The molecule has 0 atom stereocenters. The van der Waals surface area contributed by atoms with E-state index < -0.39 is 10.9 Å². The molecule has 0 aromatic heterocycles. The van der Waals surface area contributed by atoms with E-state index in [4.69, 9.17) is 9.47 Å². The van der Waals surface area contributed by atoms with Gasteiger partial charge in [0.15, 0.2) is 0 Å². The molecule has 114 valence electrons. The molecule has 0 saturated carbocycles. The van der Waals surface area contributed by atoms with Crippen LogP contribution in [0.1, 0.15) is 21.5 Å². The van der Waals surface area contributed by atoms with Crippen LogP contribution in [0.4, 0.5) is 5.69 Å². The molecule has 0 unspecified atom stereocenters. The number of rotatable bonds is 6. The van der Waals surface area contributed by atoms with Crippen molar-refractivity contribution in [2.45, 2.75) is 13.2 Å². The molecule has 0 aliphatic heterocycles. The molecule has 0 N–H and O–H groups in total. The van der Waals surface area contributed by atoms with E-state index in [0.29, 0.717) is 17.7 Å². The summed E-state index contributed by atoms with van der Waals surface area (Å²) in [6, 6.07) is 12.9.